The fourth-order valence-electron chi connectivity index (χ4n) is 1.46. The number of hydrogen-bond donors (Lipinski definition) is 1. The Morgan fingerprint density at radius 2 is 1.93 bits per heavy atom. The lowest BCUT2D eigenvalue weighted by molar-refractivity contribution is 0.281. The molecule has 0 saturated heterocycles. The lowest BCUT2D eigenvalue weighted by atomic mass is 10.1. The van der Waals surface area contributed by atoms with Crippen LogP contribution >= 0.6 is 0 Å². The molecule has 3 heteroatoms. The second-order valence-electron chi connectivity index (χ2n) is 3.69. The average molecular weight is 202 g/mol. The third kappa shape index (κ3) is 2.44. The van der Waals surface area contributed by atoms with Gasteiger partial charge in [0.05, 0.1) is 19.3 Å². The van der Waals surface area contributed by atoms with Crippen LogP contribution in [0.5, 0.6) is 0 Å². The van der Waals surface area contributed by atoms with Crippen LogP contribution in [0, 0.1) is 6.92 Å². The summed E-state index contributed by atoms with van der Waals surface area (Å²) in [6, 6.07) is 8.36. The zero-order valence-electron chi connectivity index (χ0n) is 8.72. The second kappa shape index (κ2) is 4.28. The lowest BCUT2D eigenvalue weighted by Crippen LogP contribution is -1.99. The number of hydrogen-bond acceptors (Lipinski definition) is 2. The third-order valence-electron chi connectivity index (χ3n) is 2.33. The van der Waals surface area contributed by atoms with Gasteiger partial charge in [-0.05, 0) is 12.5 Å². The van der Waals surface area contributed by atoms with E-state index in [2.05, 4.69) is 36.3 Å². The Hall–Kier alpha value is -1.61. The maximum Gasteiger partial charge on any atom is 0.0712 e. The van der Waals surface area contributed by atoms with Crippen molar-refractivity contribution in [3.63, 3.8) is 0 Å². The number of nitrogens with zero attached hydrogens (tertiary/aromatic N) is 2. The van der Waals surface area contributed by atoms with E-state index in [1.54, 1.807) is 6.20 Å². The van der Waals surface area contributed by atoms with Crippen molar-refractivity contribution in [2.24, 2.45) is 0 Å². The van der Waals surface area contributed by atoms with Crippen LogP contribution in [0.15, 0.2) is 36.7 Å². The molecule has 0 bridgehead atoms. The molecule has 2 aromatic rings. The summed E-state index contributed by atoms with van der Waals surface area (Å²) in [7, 11) is 0. The van der Waals surface area contributed by atoms with E-state index in [0.29, 0.717) is 0 Å². The minimum atomic E-state index is 0.0495. The van der Waals surface area contributed by atoms with E-state index < -0.39 is 0 Å². The first-order chi connectivity index (χ1) is 7.28. The van der Waals surface area contributed by atoms with Crippen LogP contribution in [-0.2, 0) is 13.2 Å². The summed E-state index contributed by atoms with van der Waals surface area (Å²) < 4.78 is 1.83. The summed E-state index contributed by atoms with van der Waals surface area (Å²) >= 11 is 0. The molecule has 15 heavy (non-hydrogen) atoms. The first-order valence-electron chi connectivity index (χ1n) is 4.95. The Morgan fingerprint density at radius 1 is 1.20 bits per heavy atom. The molecule has 0 amide bonds. The van der Waals surface area contributed by atoms with Gasteiger partial charge >= 0.3 is 0 Å². The summed E-state index contributed by atoms with van der Waals surface area (Å²) in [5, 5.41) is 13.1. The van der Waals surface area contributed by atoms with Crippen LogP contribution in [0.25, 0.3) is 0 Å². The van der Waals surface area contributed by atoms with Crippen LogP contribution in [0.4, 0.5) is 0 Å². The van der Waals surface area contributed by atoms with E-state index >= 15 is 0 Å². The van der Waals surface area contributed by atoms with Gasteiger partial charge in [-0.3, -0.25) is 4.68 Å². The zero-order chi connectivity index (χ0) is 10.7. The molecule has 0 atom stereocenters. The van der Waals surface area contributed by atoms with Gasteiger partial charge in [-0.15, -0.1) is 0 Å². The van der Waals surface area contributed by atoms with Crippen LogP contribution in [-0.4, -0.2) is 14.9 Å². The van der Waals surface area contributed by atoms with Crippen molar-refractivity contribution in [1.82, 2.24) is 9.78 Å². The predicted molar refractivity (Wildman–Crippen MR) is 58.4 cm³/mol. The van der Waals surface area contributed by atoms with Gasteiger partial charge in [0.15, 0.2) is 0 Å². The van der Waals surface area contributed by atoms with Crippen molar-refractivity contribution in [1.29, 1.82) is 0 Å². The van der Waals surface area contributed by atoms with E-state index in [-0.39, 0.29) is 6.61 Å². The van der Waals surface area contributed by atoms with Gasteiger partial charge in [-0.1, -0.05) is 29.8 Å². The molecule has 1 N–H and O–H groups in total. The summed E-state index contributed by atoms with van der Waals surface area (Å²) in [5.41, 5.74) is 3.32. The number of aryl methyl sites for hydroxylation is 1. The highest BCUT2D eigenvalue weighted by atomic mass is 16.3. The summed E-state index contributed by atoms with van der Waals surface area (Å²) in [5.74, 6) is 0. The molecule has 1 aromatic heterocycles. The molecular weight excluding hydrogens is 188 g/mol. The monoisotopic (exact) mass is 202 g/mol. The SMILES string of the molecule is Cc1ccc(Cn2cc(CO)cn2)cc1. The van der Waals surface area contributed by atoms with Crippen LogP contribution < -0.4 is 0 Å². The predicted octanol–water partition coefficient (Wildman–Crippen LogP) is 1.73. The first kappa shape index (κ1) is 9.93. The highest BCUT2D eigenvalue weighted by Crippen LogP contribution is 2.06. The molecule has 78 valence electrons. The number of benzene rings is 1. The molecule has 0 fully saturated rings. The highest BCUT2D eigenvalue weighted by molar-refractivity contribution is 5.21. The summed E-state index contributed by atoms with van der Waals surface area (Å²) in [6.45, 7) is 2.87. The molecule has 0 radical (unpaired) electrons. The van der Waals surface area contributed by atoms with E-state index in [1.165, 1.54) is 11.1 Å². The van der Waals surface area contributed by atoms with Gasteiger partial charge in [0.2, 0.25) is 0 Å². The number of aliphatic hydroxyl groups excluding tert-OH is 1. The lowest BCUT2D eigenvalue weighted by Gasteiger charge is -2.01. The van der Waals surface area contributed by atoms with Crippen molar-refractivity contribution < 1.29 is 5.11 Å². The molecule has 1 aromatic carbocycles. The molecule has 0 spiro atoms. The quantitative estimate of drug-likeness (QED) is 0.823. The standard InChI is InChI=1S/C12H14N2O/c1-10-2-4-11(5-3-10)7-14-8-12(9-15)6-13-14/h2-6,8,15H,7,9H2,1H3. The third-order valence-corrected chi connectivity index (χ3v) is 2.33. The molecule has 0 aliphatic heterocycles. The maximum atomic E-state index is 8.90. The van der Waals surface area contributed by atoms with Gasteiger partial charge in [0.25, 0.3) is 0 Å². The normalized spacial score (nSPS) is 10.5. The molecule has 2 rings (SSSR count). The highest BCUT2D eigenvalue weighted by Gasteiger charge is 1.98. The van der Waals surface area contributed by atoms with Gasteiger partial charge in [0.1, 0.15) is 0 Å². The van der Waals surface area contributed by atoms with Crippen molar-refractivity contribution in [3.05, 3.63) is 53.3 Å². The van der Waals surface area contributed by atoms with Gasteiger partial charge in [0, 0.05) is 11.8 Å². The summed E-state index contributed by atoms with van der Waals surface area (Å²) in [6.07, 6.45) is 3.55. The van der Waals surface area contributed by atoms with E-state index in [0.717, 1.165) is 12.1 Å². The fraction of sp³-hybridized carbons (Fsp3) is 0.250. The van der Waals surface area contributed by atoms with Gasteiger partial charge in [-0.2, -0.15) is 5.10 Å². The van der Waals surface area contributed by atoms with Crippen LogP contribution in [0.3, 0.4) is 0 Å². The van der Waals surface area contributed by atoms with E-state index in [4.69, 9.17) is 5.11 Å². The van der Waals surface area contributed by atoms with E-state index in [1.807, 2.05) is 10.9 Å². The van der Waals surface area contributed by atoms with E-state index in [9.17, 15) is 0 Å². The first-order valence-corrected chi connectivity index (χ1v) is 4.95. The molecular formula is C12H14N2O. The van der Waals surface area contributed by atoms with Gasteiger partial charge < -0.3 is 5.11 Å². The molecule has 0 unspecified atom stereocenters. The molecule has 0 saturated carbocycles. The van der Waals surface area contributed by atoms with Crippen LogP contribution in [0.1, 0.15) is 16.7 Å². The Kier molecular flexibility index (Phi) is 2.83. The van der Waals surface area contributed by atoms with Crippen molar-refractivity contribution in [3.8, 4) is 0 Å². The minimum Gasteiger partial charge on any atom is -0.392 e. The van der Waals surface area contributed by atoms with Crippen LogP contribution in [0.2, 0.25) is 0 Å². The van der Waals surface area contributed by atoms with Gasteiger partial charge in [-0.25, -0.2) is 0 Å². The zero-order valence-corrected chi connectivity index (χ0v) is 8.72. The van der Waals surface area contributed by atoms with Crippen molar-refractivity contribution in [2.75, 3.05) is 0 Å². The molecule has 0 aliphatic rings. The fourth-order valence-corrected chi connectivity index (χ4v) is 1.46. The number of aliphatic hydroxyl groups is 1. The van der Waals surface area contributed by atoms with Crippen molar-refractivity contribution in [2.45, 2.75) is 20.1 Å². The Morgan fingerprint density at radius 3 is 2.53 bits per heavy atom. The molecule has 1 heterocycles. The Labute approximate surface area is 89.0 Å². The molecule has 3 nitrogen and oxygen atoms in total. The smallest absolute Gasteiger partial charge is 0.0712 e. The summed E-state index contributed by atoms with van der Waals surface area (Å²) in [4.78, 5) is 0. The minimum absolute atomic E-state index is 0.0495. The van der Waals surface area contributed by atoms with Crippen molar-refractivity contribution >= 4 is 0 Å². The topological polar surface area (TPSA) is 38.0 Å². The second-order valence-corrected chi connectivity index (χ2v) is 3.69. The largest absolute Gasteiger partial charge is 0.392 e. The maximum absolute atomic E-state index is 8.90. The Bertz CT molecular complexity index is 431. The molecule has 0 aliphatic carbocycles. The average Bonchev–Trinajstić information content (AvgIpc) is 2.69. The number of aromatic nitrogens is 2. The Balaban J connectivity index is 2.11. The number of rotatable bonds is 3.